The van der Waals surface area contributed by atoms with Crippen molar-refractivity contribution in [1.29, 1.82) is 0 Å². The first-order valence-corrected chi connectivity index (χ1v) is 5.38. The van der Waals surface area contributed by atoms with Crippen LogP contribution in [-0.4, -0.2) is 4.98 Å². The van der Waals surface area contributed by atoms with Gasteiger partial charge in [0.05, 0.1) is 11.4 Å². The van der Waals surface area contributed by atoms with Crippen LogP contribution in [0.5, 0.6) is 0 Å². The van der Waals surface area contributed by atoms with Crippen LogP contribution in [0.25, 0.3) is 0 Å². The second-order valence-corrected chi connectivity index (χ2v) is 4.09. The summed E-state index contributed by atoms with van der Waals surface area (Å²) in [4.78, 5) is 4.23. The van der Waals surface area contributed by atoms with Crippen LogP contribution in [0.3, 0.4) is 0 Å². The standard InChI is InChI=1S/C12H11ClFN3/c1-7-11(15)2-3-12(16-7)17-10-5-8(13)4-9(14)6-10/h2-6H,15H2,1H3,(H,16,17). The van der Waals surface area contributed by atoms with Gasteiger partial charge in [0.1, 0.15) is 11.6 Å². The van der Waals surface area contributed by atoms with Crippen LogP contribution in [0.15, 0.2) is 30.3 Å². The molecular weight excluding hydrogens is 241 g/mol. The van der Waals surface area contributed by atoms with E-state index in [1.54, 1.807) is 25.1 Å². The van der Waals surface area contributed by atoms with Crippen LogP contribution in [-0.2, 0) is 0 Å². The lowest BCUT2D eigenvalue weighted by atomic mass is 10.3. The Bertz CT molecular complexity index is 537. The SMILES string of the molecule is Cc1nc(Nc2cc(F)cc(Cl)c2)ccc1N. The van der Waals surface area contributed by atoms with E-state index >= 15 is 0 Å². The number of nitrogens with two attached hydrogens (primary N) is 1. The summed E-state index contributed by atoms with van der Waals surface area (Å²) in [5.74, 6) is 0.200. The number of pyridine rings is 1. The molecule has 2 aromatic rings. The first-order chi connectivity index (χ1) is 8.04. The van der Waals surface area contributed by atoms with E-state index in [0.717, 1.165) is 5.69 Å². The van der Waals surface area contributed by atoms with Crippen molar-refractivity contribution < 1.29 is 4.39 Å². The number of nitrogen functional groups attached to an aromatic ring is 1. The van der Waals surface area contributed by atoms with Crippen LogP contribution in [0.1, 0.15) is 5.69 Å². The summed E-state index contributed by atoms with van der Waals surface area (Å²) in [6.45, 7) is 1.80. The predicted octanol–water partition coefficient (Wildman–Crippen LogP) is 3.51. The van der Waals surface area contributed by atoms with Crippen molar-refractivity contribution >= 4 is 28.8 Å². The molecule has 0 radical (unpaired) electrons. The van der Waals surface area contributed by atoms with Crippen LogP contribution in [0.2, 0.25) is 5.02 Å². The lowest BCUT2D eigenvalue weighted by Gasteiger charge is -2.08. The third-order valence-electron chi connectivity index (χ3n) is 2.26. The maximum Gasteiger partial charge on any atom is 0.130 e. The van der Waals surface area contributed by atoms with Gasteiger partial charge in [0, 0.05) is 10.7 Å². The molecule has 5 heteroatoms. The normalized spacial score (nSPS) is 10.3. The van der Waals surface area contributed by atoms with Gasteiger partial charge in [-0.05, 0) is 37.3 Å². The predicted molar refractivity (Wildman–Crippen MR) is 68.1 cm³/mol. The maximum atomic E-state index is 13.1. The van der Waals surface area contributed by atoms with Crippen molar-refractivity contribution in [2.75, 3.05) is 11.1 Å². The van der Waals surface area contributed by atoms with Crippen LogP contribution < -0.4 is 11.1 Å². The minimum Gasteiger partial charge on any atom is -0.397 e. The van der Waals surface area contributed by atoms with Crippen molar-refractivity contribution in [2.45, 2.75) is 6.92 Å². The average Bonchev–Trinajstić information content (AvgIpc) is 2.22. The maximum absolute atomic E-state index is 13.1. The molecule has 88 valence electrons. The van der Waals surface area contributed by atoms with E-state index in [0.29, 0.717) is 22.2 Å². The third-order valence-corrected chi connectivity index (χ3v) is 2.48. The number of aryl methyl sites for hydroxylation is 1. The highest BCUT2D eigenvalue weighted by molar-refractivity contribution is 6.30. The van der Waals surface area contributed by atoms with E-state index in [-0.39, 0.29) is 0 Å². The molecule has 0 spiro atoms. The molecule has 1 aromatic carbocycles. The molecule has 0 aliphatic rings. The van der Waals surface area contributed by atoms with Gasteiger partial charge in [-0.1, -0.05) is 11.6 Å². The van der Waals surface area contributed by atoms with E-state index in [9.17, 15) is 4.39 Å². The van der Waals surface area contributed by atoms with Crippen molar-refractivity contribution in [2.24, 2.45) is 0 Å². The molecule has 0 fully saturated rings. The summed E-state index contributed by atoms with van der Waals surface area (Å²) >= 11 is 5.75. The van der Waals surface area contributed by atoms with E-state index in [2.05, 4.69) is 10.3 Å². The number of benzene rings is 1. The lowest BCUT2D eigenvalue weighted by molar-refractivity contribution is 0.628. The Morgan fingerprint density at radius 2 is 2.06 bits per heavy atom. The van der Waals surface area contributed by atoms with E-state index < -0.39 is 5.82 Å². The van der Waals surface area contributed by atoms with Gasteiger partial charge in [0.25, 0.3) is 0 Å². The van der Waals surface area contributed by atoms with Gasteiger partial charge in [0.2, 0.25) is 0 Å². The van der Waals surface area contributed by atoms with Gasteiger partial charge in [0.15, 0.2) is 0 Å². The van der Waals surface area contributed by atoms with Gasteiger partial charge in [-0.2, -0.15) is 0 Å². The smallest absolute Gasteiger partial charge is 0.130 e. The van der Waals surface area contributed by atoms with E-state index in [4.69, 9.17) is 17.3 Å². The fourth-order valence-electron chi connectivity index (χ4n) is 1.42. The third kappa shape index (κ3) is 2.85. The number of hydrogen-bond acceptors (Lipinski definition) is 3. The van der Waals surface area contributed by atoms with Crippen molar-refractivity contribution in [3.05, 3.63) is 46.9 Å². The minimum atomic E-state index is -0.396. The zero-order valence-corrected chi connectivity index (χ0v) is 9.92. The first-order valence-electron chi connectivity index (χ1n) is 5.01. The highest BCUT2D eigenvalue weighted by Crippen LogP contribution is 2.22. The largest absolute Gasteiger partial charge is 0.397 e. The fraction of sp³-hybridized carbons (Fsp3) is 0.0833. The molecule has 1 aromatic heterocycles. The van der Waals surface area contributed by atoms with Crippen LogP contribution >= 0.6 is 11.6 Å². The molecule has 0 bridgehead atoms. The Morgan fingerprint density at radius 1 is 1.29 bits per heavy atom. The Kier molecular flexibility index (Phi) is 3.15. The summed E-state index contributed by atoms with van der Waals surface area (Å²) < 4.78 is 13.1. The van der Waals surface area contributed by atoms with Crippen LogP contribution in [0, 0.1) is 12.7 Å². The molecular formula is C12H11ClFN3. The van der Waals surface area contributed by atoms with Crippen molar-refractivity contribution in [1.82, 2.24) is 4.98 Å². The molecule has 0 aliphatic heterocycles. The van der Waals surface area contributed by atoms with Crippen molar-refractivity contribution in [3.8, 4) is 0 Å². The quantitative estimate of drug-likeness (QED) is 0.859. The Labute approximate surface area is 103 Å². The Morgan fingerprint density at radius 3 is 2.71 bits per heavy atom. The van der Waals surface area contributed by atoms with E-state index in [1.165, 1.54) is 12.1 Å². The summed E-state index contributed by atoms with van der Waals surface area (Å²) in [6.07, 6.45) is 0. The highest BCUT2D eigenvalue weighted by Gasteiger charge is 2.02. The molecule has 0 saturated carbocycles. The Hall–Kier alpha value is -1.81. The van der Waals surface area contributed by atoms with Crippen molar-refractivity contribution in [3.63, 3.8) is 0 Å². The van der Waals surface area contributed by atoms with Gasteiger partial charge in [-0.15, -0.1) is 0 Å². The molecule has 0 atom stereocenters. The molecule has 0 unspecified atom stereocenters. The molecule has 0 aliphatic carbocycles. The second-order valence-electron chi connectivity index (χ2n) is 3.65. The summed E-state index contributed by atoms with van der Waals surface area (Å²) in [5.41, 5.74) is 7.55. The zero-order valence-electron chi connectivity index (χ0n) is 9.17. The summed E-state index contributed by atoms with van der Waals surface area (Å²) in [5, 5.41) is 3.30. The lowest BCUT2D eigenvalue weighted by Crippen LogP contribution is -1.98. The number of rotatable bonds is 2. The number of hydrogen-bond donors (Lipinski definition) is 2. The van der Waals surface area contributed by atoms with E-state index in [1.807, 2.05) is 0 Å². The summed E-state index contributed by atoms with van der Waals surface area (Å²) in [7, 11) is 0. The molecule has 0 saturated heterocycles. The molecule has 3 nitrogen and oxygen atoms in total. The number of aromatic nitrogens is 1. The molecule has 2 rings (SSSR count). The van der Waals surface area contributed by atoms with Gasteiger partial charge in [-0.25, -0.2) is 9.37 Å². The number of nitrogens with one attached hydrogen (secondary N) is 1. The van der Waals surface area contributed by atoms with Gasteiger partial charge in [-0.3, -0.25) is 0 Å². The van der Waals surface area contributed by atoms with Gasteiger partial charge >= 0.3 is 0 Å². The van der Waals surface area contributed by atoms with Crippen LogP contribution in [0.4, 0.5) is 21.6 Å². The Balaban J connectivity index is 2.28. The second kappa shape index (κ2) is 4.59. The van der Waals surface area contributed by atoms with Gasteiger partial charge < -0.3 is 11.1 Å². The average molecular weight is 252 g/mol. The molecule has 1 heterocycles. The summed E-state index contributed by atoms with van der Waals surface area (Å²) in [6, 6.07) is 7.68. The highest BCUT2D eigenvalue weighted by atomic mass is 35.5. The number of nitrogens with zero attached hydrogens (tertiary/aromatic N) is 1. The molecule has 17 heavy (non-hydrogen) atoms. The number of halogens is 2. The monoisotopic (exact) mass is 251 g/mol. The topological polar surface area (TPSA) is 50.9 Å². The first kappa shape index (κ1) is 11.7. The molecule has 0 amide bonds. The number of anilines is 3. The fourth-order valence-corrected chi connectivity index (χ4v) is 1.64. The minimum absolute atomic E-state index is 0.333. The molecule has 3 N–H and O–H groups in total. The zero-order chi connectivity index (χ0) is 12.4.